The summed E-state index contributed by atoms with van der Waals surface area (Å²) in [5, 5.41) is 8.20. The summed E-state index contributed by atoms with van der Waals surface area (Å²) in [5.41, 5.74) is 4.76. The Labute approximate surface area is 190 Å². The SMILES string of the molecule is CC(C)N1C(=O)c2ccc(C(=O)N3CCc4[nH]nc(-c5ccc(Cl)cc5)c4C3)cc2C1=O. The third kappa shape index (κ3) is 3.20. The number of rotatable bonds is 3. The molecule has 2 aromatic carbocycles. The first-order valence-electron chi connectivity index (χ1n) is 10.5. The van der Waals surface area contributed by atoms with Gasteiger partial charge in [0.05, 0.1) is 16.8 Å². The monoisotopic (exact) mass is 448 g/mol. The summed E-state index contributed by atoms with van der Waals surface area (Å²) in [6.45, 7) is 4.53. The van der Waals surface area contributed by atoms with Crippen LogP contribution in [0.25, 0.3) is 11.3 Å². The Hall–Kier alpha value is -3.45. The van der Waals surface area contributed by atoms with Gasteiger partial charge in [-0.3, -0.25) is 24.4 Å². The van der Waals surface area contributed by atoms with Crippen molar-refractivity contribution in [3.63, 3.8) is 0 Å². The molecule has 0 unspecified atom stereocenters. The fourth-order valence-corrected chi connectivity index (χ4v) is 4.48. The molecule has 32 heavy (non-hydrogen) atoms. The molecule has 0 fully saturated rings. The van der Waals surface area contributed by atoms with E-state index in [2.05, 4.69) is 10.2 Å². The van der Waals surface area contributed by atoms with Crippen molar-refractivity contribution >= 4 is 29.3 Å². The molecule has 0 spiro atoms. The molecule has 0 aliphatic carbocycles. The van der Waals surface area contributed by atoms with Crippen LogP contribution in [-0.4, -0.2) is 50.3 Å². The van der Waals surface area contributed by atoms with E-state index < -0.39 is 0 Å². The lowest BCUT2D eigenvalue weighted by molar-refractivity contribution is 0.0608. The highest BCUT2D eigenvalue weighted by Crippen LogP contribution is 2.31. The Morgan fingerprint density at radius 2 is 1.78 bits per heavy atom. The minimum Gasteiger partial charge on any atom is -0.334 e. The van der Waals surface area contributed by atoms with Gasteiger partial charge in [0.25, 0.3) is 17.7 Å². The van der Waals surface area contributed by atoms with E-state index in [1.165, 1.54) is 4.90 Å². The second-order valence-electron chi connectivity index (χ2n) is 8.35. The molecule has 0 saturated heterocycles. The highest BCUT2D eigenvalue weighted by molar-refractivity contribution is 6.30. The minimum absolute atomic E-state index is 0.176. The molecule has 2 aliphatic heterocycles. The quantitative estimate of drug-likeness (QED) is 0.615. The predicted octanol–water partition coefficient (Wildman–Crippen LogP) is 3.93. The number of fused-ring (bicyclic) bond motifs is 2. The van der Waals surface area contributed by atoms with Gasteiger partial charge in [-0.1, -0.05) is 23.7 Å². The molecule has 2 aliphatic rings. The molecule has 8 heteroatoms. The summed E-state index contributed by atoms with van der Waals surface area (Å²) in [4.78, 5) is 41.5. The summed E-state index contributed by atoms with van der Waals surface area (Å²) < 4.78 is 0. The largest absolute Gasteiger partial charge is 0.334 e. The molecular formula is C24H21ClN4O3. The van der Waals surface area contributed by atoms with Crippen molar-refractivity contribution in [2.75, 3.05) is 6.54 Å². The molecule has 3 amide bonds. The van der Waals surface area contributed by atoms with Crippen LogP contribution in [0.4, 0.5) is 0 Å². The van der Waals surface area contributed by atoms with Gasteiger partial charge in [0.1, 0.15) is 0 Å². The first kappa shape index (κ1) is 20.5. The van der Waals surface area contributed by atoms with Crippen molar-refractivity contribution in [2.45, 2.75) is 32.9 Å². The van der Waals surface area contributed by atoms with Crippen LogP contribution >= 0.6 is 11.6 Å². The maximum atomic E-state index is 13.3. The Kier molecular flexibility index (Phi) is 4.86. The van der Waals surface area contributed by atoms with Gasteiger partial charge >= 0.3 is 0 Å². The summed E-state index contributed by atoms with van der Waals surface area (Å²) in [7, 11) is 0. The number of amides is 3. The summed E-state index contributed by atoms with van der Waals surface area (Å²) >= 11 is 6.01. The summed E-state index contributed by atoms with van der Waals surface area (Å²) in [6.07, 6.45) is 0.658. The van der Waals surface area contributed by atoms with E-state index in [0.717, 1.165) is 22.5 Å². The number of hydrogen-bond donors (Lipinski definition) is 1. The van der Waals surface area contributed by atoms with Crippen LogP contribution < -0.4 is 0 Å². The average Bonchev–Trinajstić information content (AvgIpc) is 3.32. The Morgan fingerprint density at radius 3 is 2.50 bits per heavy atom. The zero-order chi connectivity index (χ0) is 22.6. The smallest absolute Gasteiger partial charge is 0.261 e. The molecule has 0 bridgehead atoms. The van der Waals surface area contributed by atoms with E-state index in [0.29, 0.717) is 35.7 Å². The van der Waals surface area contributed by atoms with Crippen LogP contribution in [0, 0.1) is 0 Å². The Morgan fingerprint density at radius 1 is 1.06 bits per heavy atom. The summed E-state index contributed by atoms with van der Waals surface area (Å²) in [6, 6.07) is 11.9. The Bertz CT molecular complexity index is 1260. The fourth-order valence-electron chi connectivity index (χ4n) is 4.36. The van der Waals surface area contributed by atoms with Crippen LogP contribution in [-0.2, 0) is 13.0 Å². The maximum absolute atomic E-state index is 13.3. The molecule has 0 radical (unpaired) electrons. The van der Waals surface area contributed by atoms with E-state index in [4.69, 9.17) is 11.6 Å². The van der Waals surface area contributed by atoms with Crippen molar-refractivity contribution in [1.29, 1.82) is 0 Å². The third-order valence-electron chi connectivity index (χ3n) is 6.02. The van der Waals surface area contributed by atoms with Crippen molar-refractivity contribution in [1.82, 2.24) is 20.0 Å². The van der Waals surface area contributed by atoms with Crippen molar-refractivity contribution < 1.29 is 14.4 Å². The van der Waals surface area contributed by atoms with Gasteiger partial charge in [0.15, 0.2) is 0 Å². The van der Waals surface area contributed by atoms with Crippen molar-refractivity contribution in [3.8, 4) is 11.3 Å². The molecule has 7 nitrogen and oxygen atoms in total. The number of halogens is 1. The minimum atomic E-state index is -0.351. The first-order valence-corrected chi connectivity index (χ1v) is 10.9. The van der Waals surface area contributed by atoms with Crippen molar-refractivity contribution in [3.05, 3.63) is 75.4 Å². The molecule has 162 valence electrons. The average molecular weight is 449 g/mol. The highest BCUT2D eigenvalue weighted by Gasteiger charge is 2.38. The topological polar surface area (TPSA) is 86.4 Å². The summed E-state index contributed by atoms with van der Waals surface area (Å²) in [5.74, 6) is -0.840. The van der Waals surface area contributed by atoms with Crippen molar-refractivity contribution in [2.24, 2.45) is 0 Å². The van der Waals surface area contributed by atoms with E-state index in [1.54, 1.807) is 36.9 Å². The zero-order valence-electron chi connectivity index (χ0n) is 17.7. The number of benzene rings is 2. The van der Waals surface area contributed by atoms with E-state index in [1.807, 2.05) is 24.3 Å². The number of nitrogens with one attached hydrogen (secondary N) is 1. The fraction of sp³-hybridized carbons (Fsp3) is 0.250. The molecule has 5 rings (SSSR count). The number of imide groups is 1. The number of hydrogen-bond acceptors (Lipinski definition) is 4. The number of carbonyl (C=O) groups is 3. The second kappa shape index (κ2) is 7.60. The van der Waals surface area contributed by atoms with Gasteiger partial charge in [0, 0.05) is 53.0 Å². The standard InChI is InChI=1S/C24H21ClN4O3/c1-13(2)29-23(31)17-8-5-15(11-18(17)24(29)32)22(30)28-10-9-20-19(12-28)21(27-26-20)14-3-6-16(25)7-4-14/h3-8,11,13H,9-10,12H2,1-2H3,(H,26,27). The molecule has 0 atom stereocenters. The first-order chi connectivity index (χ1) is 15.3. The van der Waals surface area contributed by atoms with Crippen LogP contribution in [0.1, 0.15) is 56.2 Å². The van der Waals surface area contributed by atoms with E-state index >= 15 is 0 Å². The van der Waals surface area contributed by atoms with Gasteiger partial charge < -0.3 is 4.90 Å². The number of aromatic amines is 1. The number of carbonyl (C=O) groups excluding carboxylic acids is 3. The molecule has 3 heterocycles. The van der Waals surface area contributed by atoms with E-state index in [9.17, 15) is 14.4 Å². The van der Waals surface area contributed by atoms with E-state index in [-0.39, 0.29) is 29.3 Å². The lowest BCUT2D eigenvalue weighted by Gasteiger charge is -2.27. The number of nitrogens with zero attached hydrogens (tertiary/aromatic N) is 3. The predicted molar refractivity (Wildman–Crippen MR) is 120 cm³/mol. The molecule has 3 aromatic rings. The number of aromatic nitrogens is 2. The van der Waals surface area contributed by atoms with Crippen LogP contribution in [0.3, 0.4) is 0 Å². The number of H-pyrrole nitrogens is 1. The normalized spacial score (nSPS) is 15.4. The van der Waals surface area contributed by atoms with Gasteiger partial charge in [0.2, 0.25) is 0 Å². The molecule has 0 saturated carbocycles. The lowest BCUT2D eigenvalue weighted by Crippen LogP contribution is -2.36. The van der Waals surface area contributed by atoms with Crippen LogP contribution in [0.2, 0.25) is 5.02 Å². The molecule has 1 aromatic heterocycles. The zero-order valence-corrected chi connectivity index (χ0v) is 18.4. The molecule has 1 N–H and O–H groups in total. The van der Waals surface area contributed by atoms with Crippen LogP contribution in [0.5, 0.6) is 0 Å². The van der Waals surface area contributed by atoms with Gasteiger partial charge in [-0.2, -0.15) is 5.10 Å². The molecular weight excluding hydrogens is 428 g/mol. The highest BCUT2D eigenvalue weighted by atomic mass is 35.5. The van der Waals surface area contributed by atoms with Gasteiger partial charge in [-0.05, 0) is 44.2 Å². The van der Waals surface area contributed by atoms with Crippen LogP contribution in [0.15, 0.2) is 42.5 Å². The van der Waals surface area contributed by atoms with Gasteiger partial charge in [-0.25, -0.2) is 0 Å². The van der Waals surface area contributed by atoms with Gasteiger partial charge in [-0.15, -0.1) is 0 Å². The second-order valence-corrected chi connectivity index (χ2v) is 8.78. The lowest BCUT2D eigenvalue weighted by atomic mass is 9.99. The maximum Gasteiger partial charge on any atom is 0.261 e. The Balaban J connectivity index is 1.42. The third-order valence-corrected chi connectivity index (χ3v) is 6.27.